The third kappa shape index (κ3) is 3.35. The zero-order valence-electron chi connectivity index (χ0n) is 8.61. The summed E-state index contributed by atoms with van der Waals surface area (Å²) in [6.45, 7) is 2.28. The van der Waals surface area contributed by atoms with E-state index in [0.29, 0.717) is 12.4 Å². The van der Waals surface area contributed by atoms with Gasteiger partial charge in [0.1, 0.15) is 5.84 Å². The third-order valence-corrected chi connectivity index (χ3v) is 1.97. The third-order valence-electron chi connectivity index (χ3n) is 1.97. The number of hydrogen-bond acceptors (Lipinski definition) is 3. The molecule has 0 saturated heterocycles. The molecule has 1 heterocycles. The number of halogens is 1. The molecule has 0 unspecified atom stereocenters. The molecule has 4 nitrogen and oxygen atoms in total. The van der Waals surface area contributed by atoms with Gasteiger partial charge in [0.15, 0.2) is 0 Å². The number of nitriles is 1. The fourth-order valence-corrected chi connectivity index (χ4v) is 1.05. The number of amidine groups is 1. The largest absolute Gasteiger partial charge is 0.358 e. The van der Waals surface area contributed by atoms with Crippen LogP contribution in [0, 0.1) is 17.4 Å². The van der Waals surface area contributed by atoms with Gasteiger partial charge in [-0.1, -0.05) is 6.07 Å². The molecule has 0 bridgehead atoms. The predicted octanol–water partition coefficient (Wildman–Crippen LogP) is 1.55. The Morgan fingerprint density at radius 3 is 2.93 bits per heavy atom. The number of nitrogens with zero attached hydrogens (tertiary/aromatic N) is 4. The van der Waals surface area contributed by atoms with Gasteiger partial charge in [0, 0.05) is 19.8 Å². The quantitative estimate of drug-likeness (QED) is 0.319. The van der Waals surface area contributed by atoms with E-state index in [-0.39, 0.29) is 0 Å². The van der Waals surface area contributed by atoms with Crippen LogP contribution in [0.25, 0.3) is 0 Å². The average molecular weight is 206 g/mol. The molecule has 0 saturated carbocycles. The van der Waals surface area contributed by atoms with Crippen molar-refractivity contribution in [1.82, 2.24) is 9.88 Å². The second-order valence-corrected chi connectivity index (χ2v) is 3.10. The van der Waals surface area contributed by atoms with Crippen LogP contribution in [-0.4, -0.2) is 22.8 Å². The van der Waals surface area contributed by atoms with Crippen LogP contribution in [0.5, 0.6) is 0 Å². The van der Waals surface area contributed by atoms with Crippen LogP contribution in [0.15, 0.2) is 23.3 Å². The molecule has 0 radical (unpaired) electrons. The van der Waals surface area contributed by atoms with Crippen LogP contribution in [0.2, 0.25) is 0 Å². The van der Waals surface area contributed by atoms with Crippen LogP contribution in [0.1, 0.15) is 12.5 Å². The van der Waals surface area contributed by atoms with Crippen molar-refractivity contribution in [2.75, 3.05) is 7.05 Å². The highest BCUT2D eigenvalue weighted by Crippen LogP contribution is 2.03. The first-order valence-corrected chi connectivity index (χ1v) is 4.38. The van der Waals surface area contributed by atoms with Crippen molar-refractivity contribution < 1.29 is 4.39 Å². The molecule has 0 N–H and O–H groups in total. The van der Waals surface area contributed by atoms with Crippen molar-refractivity contribution >= 4 is 5.84 Å². The molecule has 0 aliphatic carbocycles. The van der Waals surface area contributed by atoms with Crippen molar-refractivity contribution in [2.24, 2.45) is 4.99 Å². The highest BCUT2D eigenvalue weighted by Gasteiger charge is 2.02. The standard InChI is InChI=1S/C10H11FN4/c1-8(14-7-12)15(2)6-9-3-4-10(11)13-5-9/h3-5H,6H2,1-2H3. The Morgan fingerprint density at radius 1 is 1.67 bits per heavy atom. The molecule has 5 heteroatoms. The van der Waals surface area contributed by atoms with Crippen molar-refractivity contribution in [2.45, 2.75) is 13.5 Å². The fourth-order valence-electron chi connectivity index (χ4n) is 1.05. The van der Waals surface area contributed by atoms with Gasteiger partial charge in [-0.2, -0.15) is 14.6 Å². The van der Waals surface area contributed by atoms with Crippen molar-refractivity contribution in [3.05, 3.63) is 29.8 Å². The van der Waals surface area contributed by atoms with Gasteiger partial charge in [-0.3, -0.25) is 0 Å². The van der Waals surface area contributed by atoms with E-state index in [0.717, 1.165) is 5.56 Å². The normalized spacial score (nSPS) is 10.9. The van der Waals surface area contributed by atoms with Gasteiger partial charge in [0.05, 0.1) is 0 Å². The molecule has 0 aliphatic heterocycles. The van der Waals surface area contributed by atoms with Gasteiger partial charge in [-0.25, -0.2) is 4.98 Å². The molecule has 1 aromatic rings. The smallest absolute Gasteiger partial charge is 0.212 e. The van der Waals surface area contributed by atoms with Crippen LogP contribution >= 0.6 is 0 Å². The summed E-state index contributed by atoms with van der Waals surface area (Å²) in [5.74, 6) is 0.116. The summed E-state index contributed by atoms with van der Waals surface area (Å²) >= 11 is 0. The summed E-state index contributed by atoms with van der Waals surface area (Å²) in [6, 6.07) is 2.96. The zero-order valence-corrected chi connectivity index (χ0v) is 8.61. The van der Waals surface area contributed by atoms with E-state index < -0.39 is 5.95 Å². The highest BCUT2D eigenvalue weighted by molar-refractivity contribution is 5.80. The molecule has 78 valence electrons. The molecule has 0 fully saturated rings. The SMILES string of the molecule is CC(=NC#N)N(C)Cc1ccc(F)nc1. The van der Waals surface area contributed by atoms with Crippen LogP contribution < -0.4 is 0 Å². The second kappa shape index (κ2) is 5.05. The Kier molecular flexibility index (Phi) is 3.75. The Balaban J connectivity index is 2.67. The van der Waals surface area contributed by atoms with Gasteiger partial charge in [-0.05, 0) is 18.6 Å². The molecule has 0 aromatic carbocycles. The van der Waals surface area contributed by atoms with E-state index in [1.54, 1.807) is 31.1 Å². The Morgan fingerprint density at radius 2 is 2.40 bits per heavy atom. The van der Waals surface area contributed by atoms with E-state index in [2.05, 4.69) is 9.98 Å². The second-order valence-electron chi connectivity index (χ2n) is 3.10. The van der Waals surface area contributed by atoms with Gasteiger partial charge < -0.3 is 4.90 Å². The molecule has 0 atom stereocenters. The summed E-state index contributed by atoms with van der Waals surface area (Å²) in [5, 5.41) is 8.36. The predicted molar refractivity (Wildman–Crippen MR) is 54.4 cm³/mol. The van der Waals surface area contributed by atoms with Crippen LogP contribution in [-0.2, 0) is 6.54 Å². The van der Waals surface area contributed by atoms with Crippen molar-refractivity contribution in [3.63, 3.8) is 0 Å². The number of aliphatic imine (C=N–C) groups is 1. The molecule has 0 amide bonds. The molecular weight excluding hydrogens is 195 g/mol. The lowest BCUT2D eigenvalue weighted by atomic mass is 10.2. The summed E-state index contributed by atoms with van der Waals surface area (Å²) in [4.78, 5) is 8.92. The van der Waals surface area contributed by atoms with E-state index in [9.17, 15) is 4.39 Å². The maximum Gasteiger partial charge on any atom is 0.212 e. The fraction of sp³-hybridized carbons (Fsp3) is 0.300. The molecule has 1 aromatic heterocycles. The monoisotopic (exact) mass is 206 g/mol. The van der Waals surface area contributed by atoms with E-state index in [4.69, 9.17) is 5.26 Å². The molecule has 1 rings (SSSR count). The van der Waals surface area contributed by atoms with Gasteiger partial charge in [0.2, 0.25) is 12.1 Å². The average Bonchev–Trinajstić information content (AvgIpc) is 2.22. The maximum absolute atomic E-state index is 12.5. The number of rotatable bonds is 2. The first kappa shape index (κ1) is 11.1. The summed E-state index contributed by atoms with van der Waals surface area (Å²) in [5.41, 5.74) is 0.867. The molecular formula is C10H11FN4. The summed E-state index contributed by atoms with van der Waals surface area (Å²) in [6.07, 6.45) is 3.18. The maximum atomic E-state index is 12.5. The lowest BCUT2D eigenvalue weighted by molar-refractivity contribution is 0.494. The zero-order chi connectivity index (χ0) is 11.3. The minimum absolute atomic E-state index is 0.496. The van der Waals surface area contributed by atoms with Gasteiger partial charge in [0.25, 0.3) is 0 Å². The van der Waals surface area contributed by atoms with Gasteiger partial charge >= 0.3 is 0 Å². The number of pyridine rings is 1. The van der Waals surface area contributed by atoms with Gasteiger partial charge in [-0.15, -0.1) is 0 Å². The minimum Gasteiger partial charge on any atom is -0.358 e. The van der Waals surface area contributed by atoms with Crippen LogP contribution in [0.4, 0.5) is 4.39 Å². The van der Waals surface area contributed by atoms with Crippen molar-refractivity contribution in [1.29, 1.82) is 5.26 Å². The Labute approximate surface area is 87.7 Å². The molecule has 15 heavy (non-hydrogen) atoms. The Bertz CT molecular complexity index is 391. The highest BCUT2D eigenvalue weighted by atomic mass is 19.1. The topological polar surface area (TPSA) is 52.3 Å². The number of hydrogen-bond donors (Lipinski definition) is 0. The molecule has 0 spiro atoms. The van der Waals surface area contributed by atoms with Crippen molar-refractivity contribution in [3.8, 4) is 6.19 Å². The lowest BCUT2D eigenvalue weighted by Gasteiger charge is -2.17. The van der Waals surface area contributed by atoms with E-state index in [1.807, 2.05) is 0 Å². The Hall–Kier alpha value is -1.96. The first-order chi connectivity index (χ1) is 7.13. The first-order valence-electron chi connectivity index (χ1n) is 4.38. The summed E-state index contributed by atoms with van der Waals surface area (Å²) in [7, 11) is 1.81. The van der Waals surface area contributed by atoms with E-state index in [1.165, 1.54) is 12.3 Å². The van der Waals surface area contributed by atoms with Crippen LogP contribution in [0.3, 0.4) is 0 Å². The molecule has 0 aliphatic rings. The minimum atomic E-state index is -0.496. The lowest BCUT2D eigenvalue weighted by Crippen LogP contribution is -2.23. The number of aromatic nitrogens is 1. The van der Waals surface area contributed by atoms with E-state index >= 15 is 0 Å². The summed E-state index contributed by atoms with van der Waals surface area (Å²) < 4.78 is 12.5.